The third kappa shape index (κ3) is 4.31. The molecule has 8 heteroatoms. The lowest BCUT2D eigenvalue weighted by Crippen LogP contribution is -2.17. The Labute approximate surface area is 170 Å². The van der Waals surface area contributed by atoms with Crippen molar-refractivity contribution >= 4 is 44.9 Å². The van der Waals surface area contributed by atoms with Crippen LogP contribution in [0.15, 0.2) is 29.1 Å². The zero-order valence-electron chi connectivity index (χ0n) is 15.7. The van der Waals surface area contributed by atoms with Crippen molar-refractivity contribution in [2.75, 3.05) is 0 Å². The van der Waals surface area contributed by atoms with Gasteiger partial charge in [-0.2, -0.15) is 0 Å². The number of aryl methyl sites for hydroxylation is 2. The van der Waals surface area contributed by atoms with E-state index in [0.29, 0.717) is 20.8 Å². The number of carbonyl (C=O) groups is 2. The van der Waals surface area contributed by atoms with Crippen LogP contribution in [0.4, 0.5) is 0 Å². The largest absolute Gasteiger partial charge is 0.454 e. The van der Waals surface area contributed by atoms with Gasteiger partial charge in [0.05, 0.1) is 11.8 Å². The summed E-state index contributed by atoms with van der Waals surface area (Å²) in [7, 11) is 0. The number of aromatic nitrogens is 2. The average molecular weight is 419 g/mol. The van der Waals surface area contributed by atoms with Crippen molar-refractivity contribution in [1.29, 1.82) is 0 Å². The van der Waals surface area contributed by atoms with Crippen LogP contribution in [0.3, 0.4) is 0 Å². The monoisotopic (exact) mass is 418 g/mol. The molecule has 0 radical (unpaired) electrons. The van der Waals surface area contributed by atoms with Crippen LogP contribution in [-0.4, -0.2) is 21.7 Å². The lowest BCUT2D eigenvalue weighted by molar-refractivity contribution is -0.148. The fourth-order valence-electron chi connectivity index (χ4n) is 2.77. The minimum Gasteiger partial charge on any atom is -0.454 e. The number of nitrogens with one attached hydrogen (secondary N) is 1. The zero-order chi connectivity index (χ0) is 20.4. The first-order valence-electron chi connectivity index (χ1n) is 8.74. The summed E-state index contributed by atoms with van der Waals surface area (Å²) in [4.78, 5) is 45.3. The molecule has 0 spiro atoms. The van der Waals surface area contributed by atoms with Gasteiger partial charge in [0.2, 0.25) is 0 Å². The lowest BCUT2D eigenvalue weighted by atomic mass is 10.1. The molecule has 0 saturated carbocycles. The van der Waals surface area contributed by atoms with Crippen molar-refractivity contribution in [3.63, 3.8) is 0 Å². The van der Waals surface area contributed by atoms with Crippen LogP contribution >= 0.6 is 22.9 Å². The van der Waals surface area contributed by atoms with Gasteiger partial charge in [-0.1, -0.05) is 11.6 Å². The van der Waals surface area contributed by atoms with E-state index < -0.39 is 12.1 Å². The molecular weight excluding hydrogens is 400 g/mol. The minimum absolute atomic E-state index is 0.0273. The summed E-state index contributed by atoms with van der Waals surface area (Å²) in [5.41, 5.74) is 1.15. The maximum absolute atomic E-state index is 12.3. The van der Waals surface area contributed by atoms with Crippen LogP contribution in [-0.2, 0) is 9.53 Å². The van der Waals surface area contributed by atoms with Crippen molar-refractivity contribution in [1.82, 2.24) is 9.97 Å². The molecular formula is C20H19ClN2O4S. The summed E-state index contributed by atoms with van der Waals surface area (Å²) < 4.78 is 5.34. The smallest absolute Gasteiger partial charge is 0.306 e. The number of halogens is 1. The highest BCUT2D eigenvalue weighted by atomic mass is 35.5. The number of H-pyrrole nitrogens is 1. The molecule has 1 aromatic carbocycles. The van der Waals surface area contributed by atoms with Gasteiger partial charge in [-0.05, 0) is 50.6 Å². The van der Waals surface area contributed by atoms with Gasteiger partial charge >= 0.3 is 5.97 Å². The number of nitrogens with zero attached hydrogens (tertiary/aromatic N) is 1. The predicted octanol–water partition coefficient (Wildman–Crippen LogP) is 4.52. The van der Waals surface area contributed by atoms with Crippen LogP contribution in [0.1, 0.15) is 52.5 Å². The van der Waals surface area contributed by atoms with Crippen molar-refractivity contribution in [3.05, 3.63) is 61.5 Å². The van der Waals surface area contributed by atoms with E-state index in [1.54, 1.807) is 31.2 Å². The van der Waals surface area contributed by atoms with Gasteiger partial charge in [-0.3, -0.25) is 14.4 Å². The number of rotatable bonds is 6. The molecule has 0 bridgehead atoms. The molecule has 3 rings (SSSR count). The quantitative estimate of drug-likeness (QED) is 0.469. The van der Waals surface area contributed by atoms with Crippen LogP contribution in [0, 0.1) is 13.8 Å². The third-order valence-electron chi connectivity index (χ3n) is 4.47. The van der Waals surface area contributed by atoms with Crippen LogP contribution < -0.4 is 5.56 Å². The van der Waals surface area contributed by atoms with Gasteiger partial charge in [0.15, 0.2) is 17.7 Å². The highest BCUT2D eigenvalue weighted by molar-refractivity contribution is 7.18. The Morgan fingerprint density at radius 3 is 2.57 bits per heavy atom. The van der Waals surface area contributed by atoms with E-state index in [1.807, 2.05) is 13.8 Å². The molecule has 0 aliphatic heterocycles. The number of hydrogen-bond donors (Lipinski definition) is 1. The molecule has 0 aliphatic carbocycles. The summed E-state index contributed by atoms with van der Waals surface area (Å²) in [6.45, 7) is 5.45. The third-order valence-corrected chi connectivity index (χ3v) is 5.83. The second-order valence-corrected chi connectivity index (χ2v) is 8.12. The van der Waals surface area contributed by atoms with E-state index in [0.717, 1.165) is 10.4 Å². The Bertz CT molecular complexity index is 1100. The number of carbonyl (C=O) groups excluding carboxylic acids is 2. The summed E-state index contributed by atoms with van der Waals surface area (Å²) in [6.07, 6.45) is -0.757. The van der Waals surface area contributed by atoms with Gasteiger partial charge in [-0.25, -0.2) is 4.98 Å². The number of benzene rings is 1. The minimum atomic E-state index is -0.724. The van der Waals surface area contributed by atoms with Gasteiger partial charge in [0.1, 0.15) is 4.83 Å². The number of esters is 1. The molecule has 6 nitrogen and oxygen atoms in total. The molecule has 0 aliphatic rings. The fourth-order valence-corrected chi connectivity index (χ4v) is 3.93. The van der Waals surface area contributed by atoms with Crippen LogP contribution in [0.5, 0.6) is 0 Å². The highest BCUT2D eigenvalue weighted by Crippen LogP contribution is 2.27. The van der Waals surface area contributed by atoms with E-state index in [9.17, 15) is 14.4 Å². The lowest BCUT2D eigenvalue weighted by Gasteiger charge is -2.12. The average Bonchev–Trinajstić information content (AvgIpc) is 2.94. The second kappa shape index (κ2) is 8.24. The fraction of sp³-hybridized carbons (Fsp3) is 0.300. The highest BCUT2D eigenvalue weighted by Gasteiger charge is 2.19. The summed E-state index contributed by atoms with van der Waals surface area (Å²) in [5, 5.41) is 1.11. The maximum atomic E-state index is 12.3. The number of ether oxygens (including phenoxy) is 1. The number of ketones is 1. The van der Waals surface area contributed by atoms with Gasteiger partial charge < -0.3 is 9.72 Å². The van der Waals surface area contributed by atoms with Crippen molar-refractivity contribution < 1.29 is 14.3 Å². The molecule has 146 valence electrons. The van der Waals surface area contributed by atoms with E-state index >= 15 is 0 Å². The van der Waals surface area contributed by atoms with Gasteiger partial charge in [0, 0.05) is 21.9 Å². The molecule has 2 heterocycles. The van der Waals surface area contributed by atoms with Gasteiger partial charge in [-0.15, -0.1) is 11.3 Å². The molecule has 0 unspecified atom stereocenters. The standard InChI is InChI=1S/C20H19ClN2O4S/c1-10-12(3)28-20-17(10)19(26)22-18(23-20)11(2)27-16(25)9-8-15(24)13-4-6-14(21)7-5-13/h4-7,11H,8-9H2,1-3H3,(H,22,23,26)/t11-/m1/s1. The van der Waals surface area contributed by atoms with E-state index in [-0.39, 0.29) is 30.0 Å². The number of aromatic amines is 1. The molecule has 1 N–H and O–H groups in total. The summed E-state index contributed by atoms with van der Waals surface area (Å²) in [6, 6.07) is 6.49. The van der Waals surface area contributed by atoms with Crippen molar-refractivity contribution in [2.24, 2.45) is 0 Å². The Morgan fingerprint density at radius 2 is 1.89 bits per heavy atom. The molecule has 0 saturated heterocycles. The predicted molar refractivity (Wildman–Crippen MR) is 109 cm³/mol. The van der Waals surface area contributed by atoms with E-state index in [1.165, 1.54) is 11.3 Å². The number of hydrogen-bond acceptors (Lipinski definition) is 6. The Hall–Kier alpha value is -2.51. The normalized spacial score (nSPS) is 12.1. The molecule has 2 aromatic heterocycles. The zero-order valence-corrected chi connectivity index (χ0v) is 17.2. The van der Waals surface area contributed by atoms with E-state index in [4.69, 9.17) is 16.3 Å². The summed E-state index contributed by atoms with van der Waals surface area (Å²) >= 11 is 7.23. The SMILES string of the molecule is Cc1sc2nc([C@@H](C)OC(=O)CCC(=O)c3ccc(Cl)cc3)[nH]c(=O)c2c1C. The van der Waals surface area contributed by atoms with Crippen LogP contribution in [0.25, 0.3) is 10.2 Å². The first-order chi connectivity index (χ1) is 13.3. The topological polar surface area (TPSA) is 89.1 Å². The number of fused-ring (bicyclic) bond motifs is 1. The second-order valence-electron chi connectivity index (χ2n) is 6.48. The maximum Gasteiger partial charge on any atom is 0.306 e. The van der Waals surface area contributed by atoms with Crippen molar-refractivity contribution in [3.8, 4) is 0 Å². The first-order valence-corrected chi connectivity index (χ1v) is 9.94. The molecule has 3 aromatic rings. The number of Topliss-reactive ketones (excluding diaryl/α,β-unsaturated/α-hetero) is 1. The Kier molecular flexibility index (Phi) is 5.96. The Morgan fingerprint density at radius 1 is 1.21 bits per heavy atom. The Balaban J connectivity index is 1.64. The first kappa shape index (κ1) is 20.2. The molecule has 1 atom stereocenters. The summed E-state index contributed by atoms with van der Waals surface area (Å²) in [5.74, 6) is -0.411. The van der Waals surface area contributed by atoms with Crippen LogP contribution in [0.2, 0.25) is 5.02 Å². The molecule has 28 heavy (non-hydrogen) atoms. The molecule has 0 amide bonds. The van der Waals surface area contributed by atoms with Gasteiger partial charge in [0.25, 0.3) is 5.56 Å². The number of thiophene rings is 1. The van der Waals surface area contributed by atoms with Crippen molar-refractivity contribution in [2.45, 2.75) is 39.7 Å². The van der Waals surface area contributed by atoms with E-state index in [2.05, 4.69) is 9.97 Å². The molecule has 0 fully saturated rings.